The van der Waals surface area contributed by atoms with E-state index in [1.54, 1.807) is 0 Å². The van der Waals surface area contributed by atoms with Crippen molar-refractivity contribution in [3.8, 4) is 5.75 Å². The number of hydrogen-bond donors (Lipinski definition) is 1. The van der Waals surface area contributed by atoms with E-state index >= 15 is 0 Å². The van der Waals surface area contributed by atoms with Crippen molar-refractivity contribution in [1.29, 1.82) is 0 Å². The van der Waals surface area contributed by atoms with E-state index in [1.807, 2.05) is 0 Å². The number of aryl methyl sites for hydroxylation is 2. The van der Waals surface area contributed by atoms with Crippen LogP contribution in [0.3, 0.4) is 0 Å². The van der Waals surface area contributed by atoms with Gasteiger partial charge < -0.3 is 10.1 Å². The number of rotatable bonds is 6. The lowest BCUT2D eigenvalue weighted by Gasteiger charge is -2.31. The van der Waals surface area contributed by atoms with E-state index < -0.39 is 0 Å². The minimum Gasteiger partial charge on any atom is -0.492 e. The fraction of sp³-hybridized carbons (Fsp3) is 0.667. The van der Waals surface area contributed by atoms with Crippen LogP contribution >= 0.6 is 0 Å². The summed E-state index contributed by atoms with van der Waals surface area (Å²) in [5.41, 5.74) is 3.21. The molecule has 1 aromatic rings. The summed E-state index contributed by atoms with van der Waals surface area (Å²) < 4.78 is 6.05. The lowest BCUT2D eigenvalue weighted by molar-refractivity contribution is 0.174. The van der Waals surface area contributed by atoms with Gasteiger partial charge in [-0.1, -0.05) is 33.8 Å². The third-order valence-corrected chi connectivity index (χ3v) is 4.17. The first kappa shape index (κ1) is 15.4. The second-order valence-electron chi connectivity index (χ2n) is 6.97. The smallest absolute Gasteiger partial charge is 0.119 e. The van der Waals surface area contributed by atoms with Crippen LogP contribution < -0.4 is 10.1 Å². The van der Waals surface area contributed by atoms with Gasteiger partial charge in [0, 0.05) is 6.04 Å². The van der Waals surface area contributed by atoms with Crippen molar-refractivity contribution in [1.82, 2.24) is 5.32 Å². The molecule has 0 radical (unpaired) electrons. The molecule has 1 atom stereocenters. The second kappa shape index (κ2) is 6.62. The predicted octanol–water partition coefficient (Wildman–Crippen LogP) is 3.97. The summed E-state index contributed by atoms with van der Waals surface area (Å²) in [5, 5.41) is 3.61. The predicted molar refractivity (Wildman–Crippen MR) is 85.5 cm³/mol. The SMILES string of the molecule is CCCNC(COc1ccc2c(c1)CCC2)C(C)(C)C. The zero-order valence-electron chi connectivity index (χ0n) is 13.5. The standard InChI is InChI=1S/C18H29NO/c1-5-11-19-17(18(2,3)4)13-20-16-10-9-14-7-6-8-15(14)12-16/h9-10,12,17,19H,5-8,11,13H2,1-4H3. The molecule has 0 saturated carbocycles. The summed E-state index contributed by atoms with van der Waals surface area (Å²) in [7, 11) is 0. The molecule has 2 nitrogen and oxygen atoms in total. The number of ether oxygens (including phenoxy) is 1. The highest BCUT2D eigenvalue weighted by Gasteiger charge is 2.24. The van der Waals surface area contributed by atoms with E-state index in [2.05, 4.69) is 51.2 Å². The maximum absolute atomic E-state index is 6.05. The van der Waals surface area contributed by atoms with Crippen LogP contribution in [0.1, 0.15) is 51.7 Å². The van der Waals surface area contributed by atoms with E-state index in [0.29, 0.717) is 6.04 Å². The molecule has 0 aliphatic heterocycles. The molecule has 0 amide bonds. The van der Waals surface area contributed by atoms with Gasteiger partial charge in [-0.25, -0.2) is 0 Å². The molecule has 1 aliphatic rings. The number of nitrogens with one attached hydrogen (secondary N) is 1. The van der Waals surface area contributed by atoms with Crippen LogP contribution in [0.15, 0.2) is 18.2 Å². The fourth-order valence-electron chi connectivity index (χ4n) is 2.75. The molecule has 1 unspecified atom stereocenters. The zero-order chi connectivity index (χ0) is 14.6. The summed E-state index contributed by atoms with van der Waals surface area (Å²) in [6, 6.07) is 6.99. The first-order chi connectivity index (χ1) is 9.50. The molecule has 0 aromatic heterocycles. The summed E-state index contributed by atoms with van der Waals surface area (Å²) in [4.78, 5) is 0. The maximum Gasteiger partial charge on any atom is 0.119 e. The Morgan fingerprint density at radius 2 is 1.95 bits per heavy atom. The average molecular weight is 275 g/mol. The largest absolute Gasteiger partial charge is 0.492 e. The summed E-state index contributed by atoms with van der Waals surface area (Å²) in [5.74, 6) is 1.03. The molecule has 0 bridgehead atoms. The Kier molecular flexibility index (Phi) is 5.09. The van der Waals surface area contributed by atoms with Crippen LogP contribution in [0.4, 0.5) is 0 Å². The van der Waals surface area contributed by atoms with Crippen molar-refractivity contribution < 1.29 is 4.74 Å². The third kappa shape index (κ3) is 3.99. The Balaban J connectivity index is 1.95. The number of fused-ring (bicyclic) bond motifs is 1. The van der Waals surface area contributed by atoms with Gasteiger partial charge in [-0.3, -0.25) is 0 Å². The minimum absolute atomic E-state index is 0.214. The van der Waals surface area contributed by atoms with Crippen LogP contribution in [-0.4, -0.2) is 19.2 Å². The van der Waals surface area contributed by atoms with Gasteiger partial charge in [0.2, 0.25) is 0 Å². The van der Waals surface area contributed by atoms with E-state index in [-0.39, 0.29) is 5.41 Å². The molecule has 20 heavy (non-hydrogen) atoms. The molecular formula is C18H29NO. The van der Waals surface area contributed by atoms with Gasteiger partial charge >= 0.3 is 0 Å². The molecule has 0 saturated heterocycles. The van der Waals surface area contributed by atoms with Crippen molar-refractivity contribution in [2.24, 2.45) is 5.41 Å². The first-order valence-corrected chi connectivity index (χ1v) is 7.98. The van der Waals surface area contributed by atoms with Gasteiger partial charge in [-0.05, 0) is 60.9 Å². The van der Waals surface area contributed by atoms with Gasteiger partial charge in [-0.2, -0.15) is 0 Å². The van der Waals surface area contributed by atoms with Crippen LogP contribution in [0, 0.1) is 5.41 Å². The van der Waals surface area contributed by atoms with E-state index in [4.69, 9.17) is 4.74 Å². The molecule has 1 aromatic carbocycles. The van der Waals surface area contributed by atoms with Crippen molar-refractivity contribution in [2.75, 3.05) is 13.2 Å². The van der Waals surface area contributed by atoms with Crippen molar-refractivity contribution in [3.05, 3.63) is 29.3 Å². The number of benzene rings is 1. The van der Waals surface area contributed by atoms with Gasteiger partial charge in [0.15, 0.2) is 0 Å². The fourth-order valence-corrected chi connectivity index (χ4v) is 2.75. The monoisotopic (exact) mass is 275 g/mol. The van der Waals surface area contributed by atoms with Crippen LogP contribution in [0.25, 0.3) is 0 Å². The zero-order valence-corrected chi connectivity index (χ0v) is 13.5. The normalized spacial score (nSPS) is 16.0. The van der Waals surface area contributed by atoms with E-state index in [9.17, 15) is 0 Å². The summed E-state index contributed by atoms with van der Waals surface area (Å²) in [6.07, 6.45) is 4.90. The lowest BCUT2D eigenvalue weighted by atomic mass is 9.87. The third-order valence-electron chi connectivity index (χ3n) is 4.17. The van der Waals surface area contributed by atoms with Crippen molar-refractivity contribution in [3.63, 3.8) is 0 Å². The maximum atomic E-state index is 6.05. The molecule has 0 spiro atoms. The molecular weight excluding hydrogens is 246 g/mol. The molecule has 0 fully saturated rings. The van der Waals surface area contributed by atoms with E-state index in [1.165, 1.54) is 30.4 Å². The summed E-state index contributed by atoms with van der Waals surface area (Å²) >= 11 is 0. The van der Waals surface area contributed by atoms with Crippen LogP contribution in [0.5, 0.6) is 5.75 Å². The highest BCUT2D eigenvalue weighted by atomic mass is 16.5. The molecule has 1 aliphatic carbocycles. The van der Waals surface area contributed by atoms with Gasteiger partial charge in [-0.15, -0.1) is 0 Å². The Hall–Kier alpha value is -1.02. The highest BCUT2D eigenvalue weighted by molar-refractivity contribution is 5.38. The van der Waals surface area contributed by atoms with Crippen molar-refractivity contribution in [2.45, 2.75) is 59.4 Å². The Morgan fingerprint density at radius 3 is 2.65 bits per heavy atom. The van der Waals surface area contributed by atoms with E-state index in [0.717, 1.165) is 25.3 Å². The average Bonchev–Trinajstić information content (AvgIpc) is 2.84. The molecule has 2 heteroatoms. The minimum atomic E-state index is 0.214. The molecule has 112 valence electrons. The number of hydrogen-bond acceptors (Lipinski definition) is 2. The topological polar surface area (TPSA) is 21.3 Å². The first-order valence-electron chi connectivity index (χ1n) is 7.98. The Morgan fingerprint density at radius 1 is 1.20 bits per heavy atom. The van der Waals surface area contributed by atoms with Crippen molar-refractivity contribution >= 4 is 0 Å². The van der Waals surface area contributed by atoms with Gasteiger partial charge in [0.1, 0.15) is 12.4 Å². The second-order valence-corrected chi connectivity index (χ2v) is 6.97. The highest BCUT2D eigenvalue weighted by Crippen LogP contribution is 2.27. The Labute approximate surface area is 123 Å². The van der Waals surface area contributed by atoms with Crippen LogP contribution in [0.2, 0.25) is 0 Å². The molecule has 2 rings (SSSR count). The lowest BCUT2D eigenvalue weighted by Crippen LogP contribution is -2.45. The molecule has 1 N–H and O–H groups in total. The van der Waals surface area contributed by atoms with Crippen LogP contribution in [-0.2, 0) is 12.8 Å². The van der Waals surface area contributed by atoms with Gasteiger partial charge in [0.25, 0.3) is 0 Å². The molecule has 0 heterocycles. The summed E-state index contributed by atoms with van der Waals surface area (Å²) in [6.45, 7) is 10.8. The quantitative estimate of drug-likeness (QED) is 0.848. The Bertz CT molecular complexity index is 434. The van der Waals surface area contributed by atoms with Gasteiger partial charge in [0.05, 0.1) is 0 Å².